The summed E-state index contributed by atoms with van der Waals surface area (Å²) in [5.74, 6) is 1.54. The van der Waals surface area contributed by atoms with Crippen LogP contribution in [0.3, 0.4) is 0 Å². The molecule has 3 rings (SSSR count). The summed E-state index contributed by atoms with van der Waals surface area (Å²) in [5, 5.41) is 10.3. The number of hydrogen-bond donors (Lipinski definition) is 1. The number of aryl methyl sites for hydroxylation is 1. The van der Waals surface area contributed by atoms with Crippen LogP contribution in [0.5, 0.6) is 11.5 Å². The van der Waals surface area contributed by atoms with Gasteiger partial charge in [0.2, 0.25) is 6.29 Å². The van der Waals surface area contributed by atoms with Crippen molar-refractivity contribution in [3.05, 3.63) is 59.2 Å². The van der Waals surface area contributed by atoms with Crippen molar-refractivity contribution in [1.82, 2.24) is 0 Å². The number of benzene rings is 2. The minimum Gasteiger partial charge on any atom is -0.497 e. The number of aliphatic hydroxyl groups excluding tert-OH is 1. The third-order valence-electron chi connectivity index (χ3n) is 3.86. The normalized spacial score (nSPS) is 16.5. The topological polar surface area (TPSA) is 38.7 Å². The molecule has 2 aromatic carbocycles. The SMILES string of the molecule is CCCc1ccc2c(c1)OC(O)C(c1ccc(OC)cc1)=C2. The lowest BCUT2D eigenvalue weighted by Crippen LogP contribution is -2.21. The molecule has 3 nitrogen and oxygen atoms in total. The van der Waals surface area contributed by atoms with E-state index in [1.807, 2.05) is 36.4 Å². The fraction of sp³-hybridized carbons (Fsp3) is 0.263. The lowest BCUT2D eigenvalue weighted by molar-refractivity contribution is 0.0319. The van der Waals surface area contributed by atoms with E-state index in [-0.39, 0.29) is 0 Å². The molecule has 0 aliphatic carbocycles. The monoisotopic (exact) mass is 296 g/mol. The van der Waals surface area contributed by atoms with Crippen molar-refractivity contribution in [3.63, 3.8) is 0 Å². The van der Waals surface area contributed by atoms with Gasteiger partial charge in [0.05, 0.1) is 7.11 Å². The minimum absolute atomic E-state index is 0.746. The molecule has 1 atom stereocenters. The van der Waals surface area contributed by atoms with Gasteiger partial charge in [-0.3, -0.25) is 0 Å². The van der Waals surface area contributed by atoms with Gasteiger partial charge >= 0.3 is 0 Å². The van der Waals surface area contributed by atoms with Gasteiger partial charge in [0, 0.05) is 11.1 Å². The van der Waals surface area contributed by atoms with E-state index in [4.69, 9.17) is 9.47 Å². The molecule has 1 N–H and O–H groups in total. The molecule has 0 aromatic heterocycles. The number of fused-ring (bicyclic) bond motifs is 1. The van der Waals surface area contributed by atoms with Crippen LogP contribution in [-0.2, 0) is 6.42 Å². The largest absolute Gasteiger partial charge is 0.497 e. The zero-order chi connectivity index (χ0) is 15.5. The first-order valence-electron chi connectivity index (χ1n) is 7.55. The zero-order valence-corrected chi connectivity index (χ0v) is 12.9. The molecule has 0 radical (unpaired) electrons. The minimum atomic E-state index is -0.947. The summed E-state index contributed by atoms with van der Waals surface area (Å²) in [6.45, 7) is 2.15. The van der Waals surface area contributed by atoms with Gasteiger partial charge in [-0.15, -0.1) is 0 Å². The lowest BCUT2D eigenvalue weighted by Gasteiger charge is -2.24. The van der Waals surface area contributed by atoms with Gasteiger partial charge in [0.15, 0.2) is 0 Å². The first kappa shape index (κ1) is 14.7. The Kier molecular flexibility index (Phi) is 4.16. The summed E-state index contributed by atoms with van der Waals surface area (Å²) in [4.78, 5) is 0. The van der Waals surface area contributed by atoms with Gasteiger partial charge in [-0.25, -0.2) is 0 Å². The van der Waals surface area contributed by atoms with Crippen molar-refractivity contribution in [2.45, 2.75) is 26.1 Å². The van der Waals surface area contributed by atoms with E-state index in [9.17, 15) is 5.11 Å². The molecule has 114 valence electrons. The smallest absolute Gasteiger partial charge is 0.224 e. The molecule has 0 bridgehead atoms. The van der Waals surface area contributed by atoms with Crippen LogP contribution >= 0.6 is 0 Å². The molecular weight excluding hydrogens is 276 g/mol. The Bertz CT molecular complexity index is 686. The van der Waals surface area contributed by atoms with Crippen LogP contribution < -0.4 is 9.47 Å². The number of rotatable bonds is 4. The highest BCUT2D eigenvalue weighted by molar-refractivity contribution is 5.86. The summed E-state index contributed by atoms with van der Waals surface area (Å²) in [5.41, 5.74) is 3.92. The van der Waals surface area contributed by atoms with E-state index < -0.39 is 6.29 Å². The molecule has 3 heteroatoms. The second-order valence-corrected chi connectivity index (χ2v) is 5.42. The van der Waals surface area contributed by atoms with Crippen LogP contribution in [0, 0.1) is 0 Å². The van der Waals surface area contributed by atoms with E-state index in [1.54, 1.807) is 7.11 Å². The van der Waals surface area contributed by atoms with Gasteiger partial charge in [0.1, 0.15) is 11.5 Å². The van der Waals surface area contributed by atoms with E-state index in [2.05, 4.69) is 19.1 Å². The van der Waals surface area contributed by atoms with Gasteiger partial charge in [-0.1, -0.05) is 37.6 Å². The van der Waals surface area contributed by atoms with Crippen LogP contribution in [0.15, 0.2) is 42.5 Å². The molecule has 1 heterocycles. The Balaban J connectivity index is 1.95. The highest BCUT2D eigenvalue weighted by atomic mass is 16.6. The lowest BCUT2D eigenvalue weighted by atomic mass is 9.98. The number of aliphatic hydroxyl groups is 1. The third-order valence-corrected chi connectivity index (χ3v) is 3.86. The fourth-order valence-corrected chi connectivity index (χ4v) is 2.68. The van der Waals surface area contributed by atoms with Gasteiger partial charge in [-0.05, 0) is 41.8 Å². The summed E-state index contributed by atoms with van der Waals surface area (Å²) in [6.07, 6.45) is 3.15. The van der Waals surface area contributed by atoms with Crippen molar-refractivity contribution in [1.29, 1.82) is 0 Å². The predicted molar refractivity (Wildman–Crippen MR) is 87.9 cm³/mol. The number of hydrogen-bond acceptors (Lipinski definition) is 3. The summed E-state index contributed by atoms with van der Waals surface area (Å²) in [7, 11) is 1.64. The highest BCUT2D eigenvalue weighted by Crippen LogP contribution is 2.34. The van der Waals surface area contributed by atoms with Gasteiger partial charge in [0.25, 0.3) is 0 Å². The summed E-state index contributed by atoms with van der Waals surface area (Å²) in [6, 6.07) is 13.8. The molecule has 1 aliphatic rings. The maximum atomic E-state index is 10.3. The maximum absolute atomic E-state index is 10.3. The van der Waals surface area contributed by atoms with Crippen LogP contribution in [0.25, 0.3) is 11.6 Å². The molecule has 2 aromatic rings. The zero-order valence-electron chi connectivity index (χ0n) is 12.9. The molecule has 0 spiro atoms. The molecule has 0 fully saturated rings. The maximum Gasteiger partial charge on any atom is 0.224 e. The number of methoxy groups -OCH3 is 1. The molecule has 0 saturated carbocycles. The molecule has 1 aliphatic heterocycles. The molecule has 1 unspecified atom stereocenters. The van der Waals surface area contributed by atoms with Crippen LogP contribution in [0.1, 0.15) is 30.0 Å². The standard InChI is InChI=1S/C19H20O3/c1-3-4-13-5-6-15-12-17(19(20)22-18(15)11-13)14-7-9-16(21-2)10-8-14/h5-12,19-20H,3-4H2,1-2H3. The Morgan fingerprint density at radius 1 is 1.14 bits per heavy atom. The van der Waals surface area contributed by atoms with Crippen molar-refractivity contribution in [2.75, 3.05) is 7.11 Å². The fourth-order valence-electron chi connectivity index (χ4n) is 2.68. The quantitative estimate of drug-likeness (QED) is 0.930. The van der Waals surface area contributed by atoms with E-state index >= 15 is 0 Å². The second-order valence-electron chi connectivity index (χ2n) is 5.42. The highest BCUT2D eigenvalue weighted by Gasteiger charge is 2.22. The van der Waals surface area contributed by atoms with Crippen LogP contribution in [0.2, 0.25) is 0 Å². The molecule has 22 heavy (non-hydrogen) atoms. The van der Waals surface area contributed by atoms with E-state index in [0.29, 0.717) is 0 Å². The van der Waals surface area contributed by atoms with Crippen molar-refractivity contribution in [3.8, 4) is 11.5 Å². The predicted octanol–water partition coefficient (Wildman–Crippen LogP) is 3.90. The Hall–Kier alpha value is -2.26. The second kappa shape index (κ2) is 6.24. The molecule has 0 amide bonds. The Morgan fingerprint density at radius 3 is 2.59 bits per heavy atom. The van der Waals surface area contributed by atoms with Crippen molar-refractivity contribution < 1.29 is 14.6 Å². The van der Waals surface area contributed by atoms with E-state index in [1.165, 1.54) is 5.56 Å². The molecule has 0 saturated heterocycles. The first-order chi connectivity index (χ1) is 10.7. The third kappa shape index (κ3) is 2.85. The van der Waals surface area contributed by atoms with Gasteiger partial charge in [-0.2, -0.15) is 0 Å². The summed E-state index contributed by atoms with van der Waals surface area (Å²) >= 11 is 0. The Labute approximate surface area is 130 Å². The molecular formula is C19H20O3. The van der Waals surface area contributed by atoms with Crippen LogP contribution in [0.4, 0.5) is 0 Å². The average Bonchev–Trinajstić information content (AvgIpc) is 2.54. The summed E-state index contributed by atoms with van der Waals surface area (Å²) < 4.78 is 10.9. The Morgan fingerprint density at radius 2 is 1.91 bits per heavy atom. The van der Waals surface area contributed by atoms with Crippen LogP contribution in [-0.4, -0.2) is 18.5 Å². The first-order valence-corrected chi connectivity index (χ1v) is 7.55. The van der Waals surface area contributed by atoms with E-state index in [0.717, 1.165) is 41.0 Å². The van der Waals surface area contributed by atoms with Crippen molar-refractivity contribution in [2.24, 2.45) is 0 Å². The van der Waals surface area contributed by atoms with Crippen molar-refractivity contribution >= 4 is 11.6 Å². The number of ether oxygens (including phenoxy) is 2. The average molecular weight is 296 g/mol. The van der Waals surface area contributed by atoms with Gasteiger partial charge < -0.3 is 14.6 Å².